The molecular weight excluding hydrogens is 280 g/mol. The molecule has 0 saturated heterocycles. The molecule has 0 aliphatic heterocycles. The van der Waals surface area contributed by atoms with Crippen LogP contribution in [0.4, 0.5) is 0 Å². The van der Waals surface area contributed by atoms with Gasteiger partial charge in [0.2, 0.25) is 5.91 Å². The van der Waals surface area contributed by atoms with Crippen molar-refractivity contribution in [3.8, 4) is 0 Å². The van der Waals surface area contributed by atoms with Crippen LogP contribution in [0, 0.1) is 12.8 Å². The lowest BCUT2D eigenvalue weighted by atomic mass is 10.0. The van der Waals surface area contributed by atoms with E-state index in [1.54, 1.807) is 20.8 Å². The number of aryl methyl sites for hydroxylation is 1. The van der Waals surface area contributed by atoms with Crippen molar-refractivity contribution in [3.05, 3.63) is 35.4 Å². The van der Waals surface area contributed by atoms with Crippen LogP contribution in [0.5, 0.6) is 0 Å². The second kappa shape index (κ2) is 8.54. The molecule has 2 unspecified atom stereocenters. The first kappa shape index (κ1) is 18.2. The molecule has 122 valence electrons. The summed E-state index contributed by atoms with van der Waals surface area (Å²) >= 11 is 0. The van der Waals surface area contributed by atoms with Gasteiger partial charge in [-0.2, -0.15) is 0 Å². The topological polar surface area (TPSA) is 81.4 Å². The van der Waals surface area contributed by atoms with Gasteiger partial charge in [0.05, 0.1) is 18.6 Å². The number of carbonyl (C=O) groups excluding carboxylic acids is 2. The fourth-order valence-electron chi connectivity index (χ4n) is 1.95. The zero-order valence-electron chi connectivity index (χ0n) is 13.8. The van der Waals surface area contributed by atoms with E-state index >= 15 is 0 Å². The molecule has 1 amide bonds. The summed E-state index contributed by atoms with van der Waals surface area (Å²) in [7, 11) is 0. The minimum absolute atomic E-state index is 0.101. The van der Waals surface area contributed by atoms with Gasteiger partial charge in [0.25, 0.3) is 0 Å². The lowest BCUT2D eigenvalue weighted by Crippen LogP contribution is -2.37. The van der Waals surface area contributed by atoms with Crippen LogP contribution in [0.25, 0.3) is 0 Å². The van der Waals surface area contributed by atoms with Crippen LogP contribution in [-0.2, 0) is 14.3 Å². The van der Waals surface area contributed by atoms with Crippen molar-refractivity contribution in [2.24, 2.45) is 11.7 Å². The molecule has 22 heavy (non-hydrogen) atoms. The van der Waals surface area contributed by atoms with Crippen LogP contribution in [0.2, 0.25) is 0 Å². The summed E-state index contributed by atoms with van der Waals surface area (Å²) in [5, 5.41) is 2.89. The van der Waals surface area contributed by atoms with E-state index in [-0.39, 0.29) is 36.9 Å². The first-order valence-corrected chi connectivity index (χ1v) is 7.60. The van der Waals surface area contributed by atoms with Gasteiger partial charge in [0, 0.05) is 12.5 Å². The molecule has 0 aliphatic rings. The number of ether oxygens (including phenoxy) is 1. The number of amides is 1. The molecule has 3 N–H and O–H groups in total. The predicted octanol–water partition coefficient (Wildman–Crippen LogP) is 2.09. The van der Waals surface area contributed by atoms with Crippen LogP contribution >= 0.6 is 0 Å². The quantitative estimate of drug-likeness (QED) is 0.756. The Morgan fingerprint density at radius 3 is 2.27 bits per heavy atom. The predicted molar refractivity (Wildman–Crippen MR) is 86.1 cm³/mol. The van der Waals surface area contributed by atoms with Crippen molar-refractivity contribution < 1.29 is 14.3 Å². The lowest BCUT2D eigenvalue weighted by molar-refractivity contribution is -0.148. The summed E-state index contributed by atoms with van der Waals surface area (Å²) < 4.78 is 5.18. The molecule has 0 spiro atoms. The molecule has 0 radical (unpaired) electrons. The van der Waals surface area contributed by atoms with Gasteiger partial charge in [-0.05, 0) is 26.3 Å². The molecule has 0 heterocycles. The molecule has 5 nitrogen and oxygen atoms in total. The highest BCUT2D eigenvalue weighted by Gasteiger charge is 2.22. The Morgan fingerprint density at radius 2 is 1.77 bits per heavy atom. The minimum Gasteiger partial charge on any atom is -0.463 e. The molecule has 2 atom stereocenters. The number of nitrogens with one attached hydrogen (secondary N) is 1. The monoisotopic (exact) mass is 306 g/mol. The molecule has 5 heteroatoms. The summed E-state index contributed by atoms with van der Waals surface area (Å²) in [6, 6.07) is 7.32. The van der Waals surface area contributed by atoms with Crippen molar-refractivity contribution in [1.29, 1.82) is 0 Å². The first-order chi connectivity index (χ1) is 10.3. The molecule has 0 bridgehead atoms. The standard InChI is InChI=1S/C17H26N2O3/c1-11(2)22-16(20)9-15(19-17(21)13(4)10-18)14-7-5-12(3)6-8-14/h5-8,11,13,15H,9-10,18H2,1-4H3,(H,19,21). The first-order valence-electron chi connectivity index (χ1n) is 7.60. The average Bonchev–Trinajstić information content (AvgIpc) is 2.45. The second-order valence-electron chi connectivity index (χ2n) is 5.85. The van der Waals surface area contributed by atoms with Gasteiger partial charge in [0.15, 0.2) is 0 Å². The van der Waals surface area contributed by atoms with Gasteiger partial charge < -0.3 is 15.8 Å². The highest BCUT2D eigenvalue weighted by molar-refractivity contribution is 5.80. The third-order valence-electron chi connectivity index (χ3n) is 3.34. The van der Waals surface area contributed by atoms with E-state index in [2.05, 4.69) is 5.32 Å². The Hall–Kier alpha value is -1.88. The maximum atomic E-state index is 12.1. The molecule has 1 aromatic rings. The number of esters is 1. The maximum Gasteiger partial charge on any atom is 0.308 e. The van der Waals surface area contributed by atoms with Crippen LogP contribution in [0.3, 0.4) is 0 Å². The van der Waals surface area contributed by atoms with Crippen molar-refractivity contribution in [2.75, 3.05) is 6.54 Å². The largest absolute Gasteiger partial charge is 0.463 e. The maximum absolute atomic E-state index is 12.1. The van der Waals surface area contributed by atoms with Crippen molar-refractivity contribution in [2.45, 2.75) is 46.3 Å². The minimum atomic E-state index is -0.409. The van der Waals surface area contributed by atoms with Gasteiger partial charge in [-0.25, -0.2) is 0 Å². The smallest absolute Gasteiger partial charge is 0.308 e. The van der Waals surface area contributed by atoms with Crippen LogP contribution in [-0.4, -0.2) is 24.5 Å². The summed E-state index contributed by atoms with van der Waals surface area (Å²) in [5.74, 6) is -0.791. The lowest BCUT2D eigenvalue weighted by Gasteiger charge is -2.21. The van der Waals surface area contributed by atoms with Crippen LogP contribution in [0.1, 0.15) is 44.4 Å². The van der Waals surface area contributed by atoms with E-state index in [0.717, 1.165) is 11.1 Å². The summed E-state index contributed by atoms with van der Waals surface area (Å²) in [6.07, 6.45) is -0.0746. The molecule has 1 rings (SSSR count). The van der Waals surface area contributed by atoms with Crippen LogP contribution < -0.4 is 11.1 Å². The fourth-order valence-corrected chi connectivity index (χ4v) is 1.95. The van der Waals surface area contributed by atoms with Gasteiger partial charge in [-0.1, -0.05) is 36.8 Å². The number of benzene rings is 1. The highest BCUT2D eigenvalue weighted by atomic mass is 16.5. The summed E-state index contributed by atoms with van der Waals surface area (Å²) in [6.45, 7) is 7.61. The Labute approximate surface area is 132 Å². The van der Waals surface area contributed by atoms with E-state index < -0.39 is 6.04 Å². The third kappa shape index (κ3) is 5.85. The van der Waals surface area contributed by atoms with E-state index in [0.29, 0.717) is 0 Å². The Morgan fingerprint density at radius 1 is 1.18 bits per heavy atom. The van der Waals surface area contributed by atoms with Crippen LogP contribution in [0.15, 0.2) is 24.3 Å². The van der Waals surface area contributed by atoms with Crippen molar-refractivity contribution in [1.82, 2.24) is 5.32 Å². The third-order valence-corrected chi connectivity index (χ3v) is 3.34. The summed E-state index contributed by atoms with van der Waals surface area (Å²) in [5.41, 5.74) is 7.52. The van der Waals surface area contributed by atoms with E-state index in [9.17, 15) is 9.59 Å². The molecule has 0 fully saturated rings. The molecule has 0 aromatic heterocycles. The van der Waals surface area contributed by atoms with E-state index in [4.69, 9.17) is 10.5 Å². The zero-order valence-corrected chi connectivity index (χ0v) is 13.8. The SMILES string of the molecule is Cc1ccc(C(CC(=O)OC(C)C)NC(=O)C(C)CN)cc1. The Bertz CT molecular complexity index is 497. The van der Waals surface area contributed by atoms with Gasteiger partial charge in [-0.3, -0.25) is 9.59 Å². The normalized spacial score (nSPS) is 13.5. The molecule has 0 aliphatic carbocycles. The number of hydrogen-bond donors (Lipinski definition) is 2. The van der Waals surface area contributed by atoms with Crippen molar-refractivity contribution in [3.63, 3.8) is 0 Å². The fraction of sp³-hybridized carbons (Fsp3) is 0.529. The average molecular weight is 306 g/mol. The highest BCUT2D eigenvalue weighted by Crippen LogP contribution is 2.19. The zero-order chi connectivity index (χ0) is 16.7. The molecular formula is C17H26N2O3. The van der Waals surface area contributed by atoms with Gasteiger partial charge >= 0.3 is 5.97 Å². The Balaban J connectivity index is 2.87. The van der Waals surface area contributed by atoms with E-state index in [1.165, 1.54) is 0 Å². The van der Waals surface area contributed by atoms with Gasteiger partial charge in [0.1, 0.15) is 0 Å². The Kier molecular flexibility index (Phi) is 7.05. The molecule has 0 saturated carbocycles. The number of carbonyl (C=O) groups is 2. The number of nitrogens with two attached hydrogens (primary N) is 1. The van der Waals surface area contributed by atoms with E-state index in [1.807, 2.05) is 31.2 Å². The van der Waals surface area contributed by atoms with Crippen molar-refractivity contribution >= 4 is 11.9 Å². The second-order valence-corrected chi connectivity index (χ2v) is 5.85. The number of hydrogen-bond acceptors (Lipinski definition) is 4. The van der Waals surface area contributed by atoms with Gasteiger partial charge in [-0.15, -0.1) is 0 Å². The summed E-state index contributed by atoms with van der Waals surface area (Å²) in [4.78, 5) is 24.0. The molecule has 1 aromatic carbocycles. The number of rotatable bonds is 7.